The first-order valence-electron chi connectivity index (χ1n) is 5.22. The molecule has 4 nitrogen and oxygen atoms in total. The lowest BCUT2D eigenvalue weighted by molar-refractivity contribution is -0.138. The first-order valence-corrected chi connectivity index (χ1v) is 5.22. The highest BCUT2D eigenvalue weighted by atomic mass is 16.5. The third-order valence-electron chi connectivity index (χ3n) is 2.14. The van der Waals surface area contributed by atoms with Gasteiger partial charge in [0.15, 0.2) is 0 Å². The molecule has 2 aromatic rings. The van der Waals surface area contributed by atoms with E-state index < -0.39 is 0 Å². The van der Waals surface area contributed by atoms with Gasteiger partial charge in [0.2, 0.25) is 0 Å². The molecule has 0 spiro atoms. The fourth-order valence-corrected chi connectivity index (χ4v) is 1.29. The van der Waals surface area contributed by atoms with Crippen LogP contribution in [0.2, 0.25) is 0 Å². The number of hydrogen-bond acceptors (Lipinski definition) is 3. The van der Waals surface area contributed by atoms with Crippen LogP contribution in [0.15, 0.2) is 48.9 Å². The van der Waals surface area contributed by atoms with Crippen LogP contribution in [-0.2, 0) is 16.1 Å². The minimum absolute atomic E-state index is 0.285. The number of rotatable bonds is 4. The predicted octanol–water partition coefficient (Wildman–Crippen LogP) is 2.17. The molecular formula is C13H12N2O2. The Kier molecular flexibility index (Phi) is 3.70. The second-order valence-corrected chi connectivity index (χ2v) is 3.43. The van der Waals surface area contributed by atoms with Gasteiger partial charge in [-0.25, -0.2) is 9.78 Å². The van der Waals surface area contributed by atoms with Gasteiger partial charge in [-0.3, -0.25) is 0 Å². The van der Waals surface area contributed by atoms with Crippen LogP contribution in [0.1, 0.15) is 11.3 Å². The normalized spacial score (nSPS) is 10.6. The molecule has 1 N–H and O–H groups in total. The van der Waals surface area contributed by atoms with Crippen LogP contribution in [0.25, 0.3) is 6.08 Å². The Hall–Kier alpha value is -2.36. The van der Waals surface area contributed by atoms with Gasteiger partial charge in [0.1, 0.15) is 6.61 Å². The van der Waals surface area contributed by atoms with Gasteiger partial charge in [-0.15, -0.1) is 0 Å². The number of carbonyl (C=O) groups excluding carboxylic acids is 1. The fourth-order valence-electron chi connectivity index (χ4n) is 1.29. The summed E-state index contributed by atoms with van der Waals surface area (Å²) in [5.74, 6) is -0.372. The van der Waals surface area contributed by atoms with E-state index in [0.717, 1.165) is 11.3 Å². The van der Waals surface area contributed by atoms with Crippen molar-refractivity contribution >= 4 is 12.0 Å². The van der Waals surface area contributed by atoms with Crippen LogP contribution < -0.4 is 0 Å². The van der Waals surface area contributed by atoms with E-state index in [1.54, 1.807) is 18.6 Å². The van der Waals surface area contributed by atoms with Crippen LogP contribution in [0.3, 0.4) is 0 Å². The molecule has 0 bridgehead atoms. The van der Waals surface area contributed by atoms with Crippen LogP contribution in [0.4, 0.5) is 0 Å². The number of nitrogens with one attached hydrogen (secondary N) is 1. The quantitative estimate of drug-likeness (QED) is 0.644. The number of H-pyrrole nitrogens is 1. The van der Waals surface area contributed by atoms with Crippen LogP contribution in [0, 0.1) is 0 Å². The maximum atomic E-state index is 11.4. The summed E-state index contributed by atoms with van der Waals surface area (Å²) in [6, 6.07) is 9.55. The van der Waals surface area contributed by atoms with Crippen molar-refractivity contribution in [3.63, 3.8) is 0 Å². The summed E-state index contributed by atoms with van der Waals surface area (Å²) in [5, 5.41) is 0. The number of imidazole rings is 1. The van der Waals surface area contributed by atoms with E-state index >= 15 is 0 Å². The third kappa shape index (κ3) is 3.61. The Morgan fingerprint density at radius 1 is 1.35 bits per heavy atom. The number of aromatic amines is 1. The SMILES string of the molecule is O=C(/C=C/c1cnc[nH]1)OCc1ccccc1. The topological polar surface area (TPSA) is 55.0 Å². The van der Waals surface area contributed by atoms with Crippen molar-refractivity contribution in [1.82, 2.24) is 9.97 Å². The maximum absolute atomic E-state index is 11.4. The summed E-state index contributed by atoms with van der Waals surface area (Å²) in [6.45, 7) is 0.285. The molecule has 17 heavy (non-hydrogen) atoms. The summed E-state index contributed by atoms with van der Waals surface area (Å²) >= 11 is 0. The number of esters is 1. The summed E-state index contributed by atoms with van der Waals surface area (Å²) in [7, 11) is 0. The molecule has 1 heterocycles. The van der Waals surface area contributed by atoms with Crippen LogP contribution in [0.5, 0.6) is 0 Å². The summed E-state index contributed by atoms with van der Waals surface area (Å²) in [4.78, 5) is 18.1. The molecule has 0 aliphatic heterocycles. The average molecular weight is 228 g/mol. The van der Waals surface area contributed by atoms with Crippen molar-refractivity contribution in [2.75, 3.05) is 0 Å². The lowest BCUT2D eigenvalue weighted by atomic mass is 10.2. The zero-order valence-corrected chi connectivity index (χ0v) is 9.17. The molecule has 0 aliphatic carbocycles. The van der Waals surface area contributed by atoms with Crippen molar-refractivity contribution in [2.45, 2.75) is 6.61 Å². The average Bonchev–Trinajstić information content (AvgIpc) is 2.88. The third-order valence-corrected chi connectivity index (χ3v) is 2.14. The number of aromatic nitrogens is 2. The molecule has 1 aromatic carbocycles. The minimum atomic E-state index is -0.372. The zero-order chi connectivity index (χ0) is 11.9. The lowest BCUT2D eigenvalue weighted by Gasteiger charge is -2.01. The number of hydrogen-bond donors (Lipinski definition) is 1. The summed E-state index contributed by atoms with van der Waals surface area (Å²) in [5.41, 5.74) is 1.73. The Labute approximate surface area is 99.0 Å². The highest BCUT2D eigenvalue weighted by Crippen LogP contribution is 2.01. The smallest absolute Gasteiger partial charge is 0.331 e. The van der Waals surface area contributed by atoms with E-state index in [2.05, 4.69) is 9.97 Å². The molecule has 0 aliphatic rings. The molecule has 0 radical (unpaired) electrons. The molecule has 2 rings (SSSR count). The summed E-state index contributed by atoms with van der Waals surface area (Å²) in [6.07, 6.45) is 6.17. The molecule has 4 heteroatoms. The molecule has 0 atom stereocenters. The van der Waals surface area contributed by atoms with E-state index in [-0.39, 0.29) is 12.6 Å². The number of nitrogens with zero attached hydrogens (tertiary/aromatic N) is 1. The molecule has 86 valence electrons. The first kappa shape index (κ1) is 11.1. The van der Waals surface area contributed by atoms with Gasteiger partial charge in [0, 0.05) is 6.08 Å². The molecular weight excluding hydrogens is 216 g/mol. The second kappa shape index (κ2) is 5.65. The second-order valence-electron chi connectivity index (χ2n) is 3.43. The lowest BCUT2D eigenvalue weighted by Crippen LogP contribution is -2.00. The van der Waals surface area contributed by atoms with Crippen molar-refractivity contribution in [1.29, 1.82) is 0 Å². The fraction of sp³-hybridized carbons (Fsp3) is 0.0769. The van der Waals surface area contributed by atoms with Crippen molar-refractivity contribution in [2.24, 2.45) is 0 Å². The Balaban J connectivity index is 1.82. The molecule has 0 unspecified atom stereocenters. The van der Waals surface area contributed by atoms with E-state index in [0.29, 0.717) is 0 Å². The van der Waals surface area contributed by atoms with E-state index in [1.807, 2.05) is 30.3 Å². The van der Waals surface area contributed by atoms with Gasteiger partial charge < -0.3 is 9.72 Å². The predicted molar refractivity (Wildman–Crippen MR) is 63.9 cm³/mol. The molecule has 0 saturated heterocycles. The highest BCUT2D eigenvalue weighted by molar-refractivity contribution is 5.86. The van der Waals surface area contributed by atoms with Gasteiger partial charge in [-0.2, -0.15) is 0 Å². The monoisotopic (exact) mass is 228 g/mol. The number of ether oxygens (including phenoxy) is 1. The number of benzene rings is 1. The Bertz CT molecular complexity index is 489. The zero-order valence-electron chi connectivity index (χ0n) is 9.17. The largest absolute Gasteiger partial charge is 0.458 e. The number of carbonyl (C=O) groups is 1. The maximum Gasteiger partial charge on any atom is 0.331 e. The Morgan fingerprint density at radius 3 is 2.88 bits per heavy atom. The standard InChI is InChI=1S/C13H12N2O2/c16-13(7-6-12-8-14-10-15-12)17-9-11-4-2-1-3-5-11/h1-8,10H,9H2,(H,14,15)/b7-6+. The molecule has 0 amide bonds. The van der Waals surface area contributed by atoms with Crippen LogP contribution in [-0.4, -0.2) is 15.9 Å². The summed E-state index contributed by atoms with van der Waals surface area (Å²) < 4.78 is 5.07. The van der Waals surface area contributed by atoms with E-state index in [1.165, 1.54) is 6.08 Å². The van der Waals surface area contributed by atoms with Crippen molar-refractivity contribution < 1.29 is 9.53 Å². The van der Waals surface area contributed by atoms with Gasteiger partial charge in [0.05, 0.1) is 18.2 Å². The van der Waals surface area contributed by atoms with Gasteiger partial charge in [0.25, 0.3) is 0 Å². The molecule has 1 aromatic heterocycles. The van der Waals surface area contributed by atoms with Crippen molar-refractivity contribution in [3.8, 4) is 0 Å². The highest BCUT2D eigenvalue weighted by Gasteiger charge is 1.98. The van der Waals surface area contributed by atoms with Gasteiger partial charge >= 0.3 is 5.97 Å². The first-order chi connectivity index (χ1) is 8.34. The van der Waals surface area contributed by atoms with E-state index in [4.69, 9.17) is 4.74 Å². The van der Waals surface area contributed by atoms with Crippen molar-refractivity contribution in [3.05, 3.63) is 60.2 Å². The van der Waals surface area contributed by atoms with Crippen LogP contribution >= 0.6 is 0 Å². The molecule has 0 fully saturated rings. The van der Waals surface area contributed by atoms with Gasteiger partial charge in [-0.05, 0) is 11.6 Å². The van der Waals surface area contributed by atoms with Gasteiger partial charge in [-0.1, -0.05) is 30.3 Å². The van der Waals surface area contributed by atoms with E-state index in [9.17, 15) is 4.79 Å². The minimum Gasteiger partial charge on any atom is -0.458 e. The molecule has 0 saturated carbocycles. The Morgan fingerprint density at radius 2 is 2.18 bits per heavy atom.